The second-order valence-corrected chi connectivity index (χ2v) is 4.70. The van der Waals surface area contributed by atoms with Crippen LogP contribution in [0.25, 0.3) is 0 Å². The topological polar surface area (TPSA) is 27.1 Å². The molecule has 13 heavy (non-hydrogen) atoms. The lowest BCUT2D eigenvalue weighted by Crippen LogP contribution is -2.02. The second kappa shape index (κ2) is 3.95. The third kappa shape index (κ3) is 2.66. The van der Waals surface area contributed by atoms with E-state index in [1.54, 1.807) is 13.1 Å². The average molecular weight is 244 g/mol. The van der Waals surface area contributed by atoms with Crippen LogP contribution in [0.2, 0.25) is 0 Å². The van der Waals surface area contributed by atoms with Gasteiger partial charge in [-0.25, -0.2) is 4.68 Å². The van der Waals surface area contributed by atoms with Crippen molar-refractivity contribution >= 4 is 34.8 Å². The van der Waals surface area contributed by atoms with Crippen molar-refractivity contribution in [3.8, 4) is 5.88 Å². The summed E-state index contributed by atoms with van der Waals surface area (Å²) < 4.78 is 5.27. The molecule has 0 bridgehead atoms. The Balaban J connectivity index is 2.95. The zero-order valence-electron chi connectivity index (χ0n) is 7.22. The quantitative estimate of drug-likeness (QED) is 0.747. The van der Waals surface area contributed by atoms with Crippen LogP contribution < -0.4 is 4.74 Å². The molecule has 0 saturated heterocycles. The molecule has 0 radical (unpaired) electrons. The number of rotatable bonds is 2. The fourth-order valence-electron chi connectivity index (χ4n) is 0.872. The molecule has 0 aliphatic heterocycles. The summed E-state index contributed by atoms with van der Waals surface area (Å²) in [5.41, 5.74) is 0.364. The summed E-state index contributed by atoms with van der Waals surface area (Å²) in [6.45, 7) is 2.43. The molecule has 0 fully saturated rings. The van der Waals surface area contributed by atoms with Crippen molar-refractivity contribution in [2.75, 3.05) is 6.61 Å². The molecule has 6 heteroatoms. The summed E-state index contributed by atoms with van der Waals surface area (Å²) in [6.07, 6.45) is 0. The number of ether oxygens (including phenoxy) is 1. The number of halogens is 3. The Bertz CT molecular complexity index is 292. The minimum Gasteiger partial charge on any atom is -0.478 e. The van der Waals surface area contributed by atoms with E-state index in [9.17, 15) is 0 Å². The molecule has 1 rings (SSSR count). The van der Waals surface area contributed by atoms with Crippen molar-refractivity contribution in [2.24, 2.45) is 7.05 Å². The number of aryl methyl sites for hydroxylation is 1. The number of hydrogen-bond donors (Lipinski definition) is 0. The van der Waals surface area contributed by atoms with Crippen molar-refractivity contribution in [1.29, 1.82) is 0 Å². The number of hydrogen-bond acceptors (Lipinski definition) is 2. The Hall–Kier alpha value is -0.120. The summed E-state index contributed by atoms with van der Waals surface area (Å²) in [5, 5.41) is 4.00. The van der Waals surface area contributed by atoms with Gasteiger partial charge in [-0.15, -0.1) is 0 Å². The highest BCUT2D eigenvalue weighted by atomic mass is 35.6. The Morgan fingerprint density at radius 1 is 1.54 bits per heavy atom. The van der Waals surface area contributed by atoms with Crippen molar-refractivity contribution in [1.82, 2.24) is 9.78 Å². The second-order valence-electron chi connectivity index (χ2n) is 2.42. The van der Waals surface area contributed by atoms with Crippen molar-refractivity contribution in [3.63, 3.8) is 0 Å². The van der Waals surface area contributed by atoms with Gasteiger partial charge < -0.3 is 4.74 Å². The molecule has 1 aromatic heterocycles. The van der Waals surface area contributed by atoms with Gasteiger partial charge in [-0.1, -0.05) is 34.8 Å². The summed E-state index contributed by atoms with van der Waals surface area (Å²) in [6, 6.07) is 1.61. The molecule has 0 amide bonds. The maximum atomic E-state index is 5.64. The molecule has 0 aliphatic rings. The lowest BCUT2D eigenvalue weighted by molar-refractivity contribution is 0.309. The summed E-state index contributed by atoms with van der Waals surface area (Å²) in [4.78, 5) is 0. The molecule has 0 atom stereocenters. The van der Waals surface area contributed by atoms with E-state index in [1.165, 1.54) is 4.68 Å². The van der Waals surface area contributed by atoms with Crippen LogP contribution >= 0.6 is 34.8 Å². The highest BCUT2D eigenvalue weighted by Gasteiger charge is 2.27. The monoisotopic (exact) mass is 242 g/mol. The van der Waals surface area contributed by atoms with Crippen LogP contribution in [0.3, 0.4) is 0 Å². The average Bonchev–Trinajstić information content (AvgIpc) is 2.32. The molecule has 1 aromatic rings. The van der Waals surface area contributed by atoms with Gasteiger partial charge in [0.1, 0.15) is 5.69 Å². The third-order valence-electron chi connectivity index (χ3n) is 1.42. The maximum absolute atomic E-state index is 5.64. The van der Waals surface area contributed by atoms with Gasteiger partial charge in [0.2, 0.25) is 9.67 Å². The van der Waals surface area contributed by atoms with Crippen LogP contribution in [0.5, 0.6) is 5.88 Å². The van der Waals surface area contributed by atoms with Gasteiger partial charge >= 0.3 is 0 Å². The standard InChI is InChI=1S/C7H9Cl3N2O/c1-3-13-6-4-5(7(8,9)10)11-12(6)2/h4H,3H2,1-2H3. The van der Waals surface area contributed by atoms with Crippen LogP contribution in [0.4, 0.5) is 0 Å². The Labute approximate surface area is 91.5 Å². The first-order valence-corrected chi connectivity index (χ1v) is 4.82. The fourth-order valence-corrected chi connectivity index (χ4v) is 1.15. The lowest BCUT2D eigenvalue weighted by Gasteiger charge is -2.04. The van der Waals surface area contributed by atoms with Crippen molar-refractivity contribution in [3.05, 3.63) is 11.8 Å². The van der Waals surface area contributed by atoms with Gasteiger partial charge in [-0.3, -0.25) is 0 Å². The van der Waals surface area contributed by atoms with Crippen LogP contribution in [0.1, 0.15) is 12.6 Å². The Morgan fingerprint density at radius 2 is 2.15 bits per heavy atom. The molecule has 0 unspecified atom stereocenters. The van der Waals surface area contributed by atoms with E-state index in [2.05, 4.69) is 5.10 Å². The summed E-state index contributed by atoms with van der Waals surface area (Å²) >= 11 is 16.9. The van der Waals surface area contributed by atoms with Crippen LogP contribution in [-0.4, -0.2) is 16.4 Å². The normalized spacial score (nSPS) is 11.8. The summed E-state index contributed by atoms with van der Waals surface area (Å²) in [5.74, 6) is 0.587. The highest BCUT2D eigenvalue weighted by molar-refractivity contribution is 6.66. The van der Waals surface area contributed by atoms with E-state index < -0.39 is 3.79 Å². The zero-order chi connectivity index (χ0) is 10.1. The molecule has 1 heterocycles. The van der Waals surface area contributed by atoms with Crippen molar-refractivity contribution < 1.29 is 4.74 Å². The minimum atomic E-state index is -1.49. The lowest BCUT2D eigenvalue weighted by atomic mass is 10.5. The van der Waals surface area contributed by atoms with Gasteiger partial charge in [-0.2, -0.15) is 5.10 Å². The molecule has 0 saturated carbocycles. The van der Waals surface area contributed by atoms with Gasteiger partial charge in [0.05, 0.1) is 6.61 Å². The first-order chi connectivity index (χ1) is 5.95. The highest BCUT2D eigenvalue weighted by Crippen LogP contribution is 2.38. The van der Waals surface area contributed by atoms with Crippen LogP contribution in [0.15, 0.2) is 6.07 Å². The predicted octanol–water partition coefficient (Wildman–Crippen LogP) is 2.65. The molecular weight excluding hydrogens is 234 g/mol. The number of alkyl halides is 3. The van der Waals surface area contributed by atoms with Gasteiger partial charge in [0, 0.05) is 13.1 Å². The number of nitrogens with zero attached hydrogens (tertiary/aromatic N) is 2. The maximum Gasteiger partial charge on any atom is 0.234 e. The first-order valence-electron chi connectivity index (χ1n) is 3.69. The molecule has 0 N–H and O–H groups in total. The Morgan fingerprint density at radius 3 is 2.54 bits per heavy atom. The zero-order valence-corrected chi connectivity index (χ0v) is 9.49. The minimum absolute atomic E-state index is 0.364. The molecule has 0 aromatic carbocycles. The third-order valence-corrected chi connectivity index (χ3v) is 2.00. The van der Waals surface area contributed by atoms with Crippen LogP contribution in [-0.2, 0) is 10.8 Å². The van der Waals surface area contributed by atoms with Gasteiger partial charge in [0.25, 0.3) is 0 Å². The molecule has 3 nitrogen and oxygen atoms in total. The SMILES string of the molecule is CCOc1cc(C(Cl)(Cl)Cl)nn1C. The largest absolute Gasteiger partial charge is 0.478 e. The Kier molecular flexibility index (Phi) is 3.33. The fraction of sp³-hybridized carbons (Fsp3) is 0.571. The van der Waals surface area contributed by atoms with Gasteiger partial charge in [0.15, 0.2) is 0 Å². The first kappa shape index (κ1) is 11.0. The summed E-state index contributed by atoms with van der Waals surface area (Å²) in [7, 11) is 1.73. The number of aromatic nitrogens is 2. The van der Waals surface area contributed by atoms with E-state index in [1.807, 2.05) is 6.92 Å². The van der Waals surface area contributed by atoms with E-state index in [0.29, 0.717) is 18.2 Å². The molecule has 74 valence electrons. The molecule has 0 spiro atoms. The van der Waals surface area contributed by atoms with E-state index in [0.717, 1.165) is 0 Å². The van der Waals surface area contributed by atoms with Crippen molar-refractivity contribution in [2.45, 2.75) is 10.7 Å². The molecule has 0 aliphatic carbocycles. The van der Waals surface area contributed by atoms with Crippen LogP contribution in [0, 0.1) is 0 Å². The smallest absolute Gasteiger partial charge is 0.234 e. The van der Waals surface area contributed by atoms with E-state index in [4.69, 9.17) is 39.5 Å². The van der Waals surface area contributed by atoms with E-state index in [-0.39, 0.29) is 0 Å². The van der Waals surface area contributed by atoms with Gasteiger partial charge in [-0.05, 0) is 6.92 Å². The predicted molar refractivity (Wildman–Crippen MR) is 53.6 cm³/mol. The molecular formula is C7H9Cl3N2O. The van der Waals surface area contributed by atoms with E-state index >= 15 is 0 Å².